The largest absolute Gasteiger partial charge is 0.490 e. The SMILES string of the molecule is CSSCO/C=C/[C@H]1C[C@H](Cn2cc(C#CCNC(C)=O)c3c(N)ncnc32)O[C@@H]1COP(=O)(O)OP(=O)(O)OP(=O)(O)O. The van der Waals surface area contributed by atoms with Gasteiger partial charge in [-0.05, 0) is 18.8 Å². The number of nitrogens with one attached hydrogen (secondary N) is 1. The molecule has 1 fully saturated rings. The number of anilines is 1. The van der Waals surface area contributed by atoms with E-state index in [0.29, 0.717) is 29.0 Å². The third-order valence-electron chi connectivity index (χ3n) is 5.59. The zero-order valence-corrected chi connectivity index (χ0v) is 27.4. The predicted molar refractivity (Wildman–Crippen MR) is 160 cm³/mol. The summed E-state index contributed by atoms with van der Waals surface area (Å²) in [6, 6.07) is 0. The van der Waals surface area contributed by atoms with Crippen molar-refractivity contribution in [1.29, 1.82) is 0 Å². The number of nitrogens with zero attached hydrogens (tertiary/aromatic N) is 3. The Balaban J connectivity index is 1.78. The minimum Gasteiger partial charge on any atom is -0.490 e. The summed E-state index contributed by atoms with van der Waals surface area (Å²) in [5.41, 5.74) is 7.07. The summed E-state index contributed by atoms with van der Waals surface area (Å²) < 4.78 is 60.5. The molecule has 0 saturated carbocycles. The number of ether oxygens (including phenoxy) is 2. The van der Waals surface area contributed by atoms with Gasteiger partial charge in [-0.25, -0.2) is 23.7 Å². The number of phosphoric ester groups is 1. The van der Waals surface area contributed by atoms with E-state index in [1.165, 1.54) is 41.1 Å². The number of hydrogen-bond acceptors (Lipinski definition) is 14. The minimum absolute atomic E-state index is 0.115. The Labute approximate surface area is 259 Å². The third kappa shape index (κ3) is 11.8. The van der Waals surface area contributed by atoms with Gasteiger partial charge in [-0.15, -0.1) is 0 Å². The molecule has 1 aliphatic rings. The number of rotatable bonds is 15. The van der Waals surface area contributed by atoms with Crippen LogP contribution >= 0.6 is 45.1 Å². The average molecular weight is 718 g/mol. The Morgan fingerprint density at radius 2 is 2.00 bits per heavy atom. The van der Waals surface area contributed by atoms with Crippen molar-refractivity contribution < 1.29 is 60.7 Å². The van der Waals surface area contributed by atoms with Gasteiger partial charge in [-0.1, -0.05) is 33.4 Å². The Morgan fingerprint density at radius 3 is 2.68 bits per heavy atom. The Morgan fingerprint density at radius 1 is 1.25 bits per heavy atom. The lowest BCUT2D eigenvalue weighted by Gasteiger charge is -2.20. The lowest BCUT2D eigenvalue weighted by atomic mass is 10.00. The summed E-state index contributed by atoms with van der Waals surface area (Å²) in [6.07, 6.45) is 6.94. The van der Waals surface area contributed by atoms with Crippen LogP contribution in [0.5, 0.6) is 0 Å². The zero-order valence-electron chi connectivity index (χ0n) is 23.1. The molecule has 2 unspecified atom stereocenters. The third-order valence-corrected chi connectivity index (χ3v) is 10.9. The first-order valence-corrected chi connectivity index (χ1v) is 19.5. The van der Waals surface area contributed by atoms with E-state index < -0.39 is 48.2 Å². The van der Waals surface area contributed by atoms with Gasteiger partial charge in [0.15, 0.2) is 0 Å². The Kier molecular flexibility index (Phi) is 13.3. The summed E-state index contributed by atoms with van der Waals surface area (Å²) in [7, 11) is -13.6. The molecule has 2 aromatic rings. The van der Waals surface area contributed by atoms with Crippen molar-refractivity contribution in [2.24, 2.45) is 5.92 Å². The molecule has 0 bridgehead atoms. The van der Waals surface area contributed by atoms with E-state index in [2.05, 4.69) is 35.7 Å². The van der Waals surface area contributed by atoms with Gasteiger partial charge in [0, 0.05) is 19.0 Å². The number of carbonyl (C=O) groups is 1. The smallest absolute Gasteiger partial charge is 0.490 e. The highest BCUT2D eigenvalue weighted by Crippen LogP contribution is 2.66. The molecule has 3 heterocycles. The summed E-state index contributed by atoms with van der Waals surface area (Å²) in [5.74, 6) is 5.66. The molecule has 3 rings (SSSR count). The number of nitrogens with two attached hydrogens (primary N) is 1. The summed E-state index contributed by atoms with van der Waals surface area (Å²) in [6.45, 7) is 1.08. The monoisotopic (exact) mass is 717 g/mol. The van der Waals surface area contributed by atoms with Crippen molar-refractivity contribution in [1.82, 2.24) is 19.9 Å². The summed E-state index contributed by atoms with van der Waals surface area (Å²) in [4.78, 5) is 56.2. The van der Waals surface area contributed by atoms with Gasteiger partial charge in [0.2, 0.25) is 5.91 Å². The van der Waals surface area contributed by atoms with Crippen LogP contribution < -0.4 is 11.1 Å². The number of aromatic nitrogens is 3. The van der Waals surface area contributed by atoms with Gasteiger partial charge < -0.3 is 44.7 Å². The molecule has 0 radical (unpaired) electrons. The van der Waals surface area contributed by atoms with Crippen LogP contribution in [0.3, 0.4) is 0 Å². The molecule has 2 aromatic heterocycles. The van der Waals surface area contributed by atoms with Crippen molar-refractivity contribution in [3.8, 4) is 11.8 Å². The minimum atomic E-state index is -5.68. The standard InChI is InChI=1S/C21H30N5O13P3S2/c1-14(27)23-6-3-4-16-9-26(21-19(16)20(22)24-12-25-21)10-17-8-15(5-7-35-13-44-43-2)18(37-17)11-36-41(31,32)39-42(33,34)38-40(28,29)30/h5,7,9,12,15,17-18H,6,8,10-11,13H2,1-2H3,(H,23,27)(H,31,32)(H,33,34)(H2,22,24,25)(H2,28,29,30)/b7-5+/t15-,17+,18+/m0/s1. The second-order valence-electron chi connectivity index (χ2n) is 8.84. The number of hydrogen-bond donors (Lipinski definition) is 6. The van der Waals surface area contributed by atoms with Crippen molar-refractivity contribution in [2.75, 3.05) is 31.1 Å². The number of amides is 1. The highest BCUT2D eigenvalue weighted by molar-refractivity contribution is 8.76. The maximum atomic E-state index is 12.3. The highest BCUT2D eigenvalue weighted by Gasteiger charge is 2.42. The topological polar surface area (TPSA) is 264 Å². The van der Waals surface area contributed by atoms with E-state index in [9.17, 15) is 28.3 Å². The van der Waals surface area contributed by atoms with E-state index in [1.54, 1.807) is 16.8 Å². The summed E-state index contributed by atoms with van der Waals surface area (Å²) >= 11 is 0. The van der Waals surface area contributed by atoms with Crippen LogP contribution in [0, 0.1) is 17.8 Å². The lowest BCUT2D eigenvalue weighted by molar-refractivity contribution is -0.118. The molecule has 23 heteroatoms. The average Bonchev–Trinajstić information content (AvgIpc) is 3.44. The van der Waals surface area contributed by atoms with Crippen molar-refractivity contribution in [2.45, 2.75) is 32.1 Å². The Bertz CT molecular complexity index is 1560. The maximum Gasteiger partial charge on any atom is 0.490 e. The van der Waals surface area contributed by atoms with E-state index in [-0.39, 0.29) is 24.8 Å². The Hall–Kier alpha value is -1.94. The molecule has 44 heavy (non-hydrogen) atoms. The summed E-state index contributed by atoms with van der Waals surface area (Å²) in [5, 5.41) is 3.08. The van der Waals surface area contributed by atoms with E-state index >= 15 is 0 Å². The number of carbonyl (C=O) groups excluding carboxylic acids is 1. The molecule has 0 aliphatic carbocycles. The molecule has 18 nitrogen and oxygen atoms in total. The second kappa shape index (κ2) is 16.1. The molecule has 1 aliphatic heterocycles. The van der Waals surface area contributed by atoms with Gasteiger partial charge in [-0.3, -0.25) is 9.32 Å². The van der Waals surface area contributed by atoms with Gasteiger partial charge >= 0.3 is 23.5 Å². The first-order chi connectivity index (χ1) is 20.6. The molecule has 1 saturated heterocycles. The van der Waals surface area contributed by atoms with Crippen LogP contribution in [0.2, 0.25) is 0 Å². The van der Waals surface area contributed by atoms with Gasteiger partial charge in [0.1, 0.15) is 23.7 Å². The van der Waals surface area contributed by atoms with E-state index in [0.717, 1.165) is 0 Å². The number of nitrogen functional groups attached to an aromatic ring is 1. The number of fused-ring (bicyclic) bond motifs is 1. The van der Waals surface area contributed by atoms with Crippen LogP contribution in [0.25, 0.3) is 11.0 Å². The normalized spacial score (nSPS) is 21.5. The van der Waals surface area contributed by atoms with E-state index in [4.69, 9.17) is 29.5 Å². The molecule has 7 N–H and O–H groups in total. The van der Waals surface area contributed by atoms with Crippen LogP contribution in [0.4, 0.5) is 5.82 Å². The van der Waals surface area contributed by atoms with Crippen LogP contribution in [0.15, 0.2) is 24.9 Å². The molecule has 1 amide bonds. The first-order valence-electron chi connectivity index (χ1n) is 12.3. The first kappa shape index (κ1) is 36.5. The fourth-order valence-electron chi connectivity index (χ4n) is 3.99. The molecule has 5 atom stereocenters. The molecule has 0 spiro atoms. The molecule has 0 aromatic carbocycles. The predicted octanol–water partition coefficient (Wildman–Crippen LogP) is 2.12. The highest BCUT2D eigenvalue weighted by atomic mass is 33.1. The molecular weight excluding hydrogens is 687 g/mol. The fourth-order valence-corrected chi connectivity index (χ4v) is 7.71. The maximum absolute atomic E-state index is 12.3. The van der Waals surface area contributed by atoms with Gasteiger partial charge in [0.25, 0.3) is 0 Å². The quantitative estimate of drug-likeness (QED) is 0.0385. The van der Waals surface area contributed by atoms with Crippen molar-refractivity contribution in [3.05, 3.63) is 30.4 Å². The zero-order chi connectivity index (χ0) is 32.5. The van der Waals surface area contributed by atoms with Gasteiger partial charge in [0.05, 0.1) is 49.1 Å². The molecule has 244 valence electrons. The fraction of sp³-hybridized carbons (Fsp3) is 0.476. The molecular formula is C21H30N5O13P3S2. The van der Waals surface area contributed by atoms with Crippen molar-refractivity contribution in [3.63, 3.8) is 0 Å². The van der Waals surface area contributed by atoms with Crippen LogP contribution in [-0.4, -0.2) is 77.6 Å². The van der Waals surface area contributed by atoms with Gasteiger partial charge in [-0.2, -0.15) is 8.62 Å². The second-order valence-corrected chi connectivity index (χ2v) is 15.8. The lowest BCUT2D eigenvalue weighted by Crippen LogP contribution is -2.22. The van der Waals surface area contributed by atoms with Crippen molar-refractivity contribution >= 4 is 67.8 Å². The van der Waals surface area contributed by atoms with Crippen LogP contribution in [0.1, 0.15) is 18.9 Å². The van der Waals surface area contributed by atoms with E-state index in [1.807, 2.05) is 6.26 Å². The number of phosphoric acid groups is 3. The van der Waals surface area contributed by atoms with Crippen LogP contribution in [-0.2, 0) is 47.7 Å².